The maximum atomic E-state index is 11.9. The number of carbonyl (C=O) groups excluding carboxylic acids is 1. The number of amides is 1. The third-order valence-corrected chi connectivity index (χ3v) is 6.63. The van der Waals surface area contributed by atoms with Gasteiger partial charge in [-0.3, -0.25) is 9.79 Å². The smallest absolute Gasteiger partial charge is 0.224 e. The first-order valence-electron chi connectivity index (χ1n) is 9.49. The zero-order valence-electron chi connectivity index (χ0n) is 15.7. The maximum Gasteiger partial charge on any atom is 0.224 e. The van der Waals surface area contributed by atoms with Gasteiger partial charge in [-0.15, -0.1) is 11.8 Å². The van der Waals surface area contributed by atoms with E-state index < -0.39 is 0 Å². The molecule has 5 nitrogen and oxygen atoms in total. The summed E-state index contributed by atoms with van der Waals surface area (Å²) in [6, 6.07) is 6.68. The lowest BCUT2D eigenvalue weighted by atomic mass is 10.2. The molecule has 2 heterocycles. The molecule has 2 aromatic rings. The van der Waals surface area contributed by atoms with Gasteiger partial charge in [-0.2, -0.15) is 0 Å². The molecule has 0 bridgehead atoms. The predicted octanol–water partition coefficient (Wildman–Crippen LogP) is 4.52. The largest absolute Gasteiger partial charge is 0.381 e. The van der Waals surface area contributed by atoms with Crippen molar-refractivity contribution in [1.82, 2.24) is 9.88 Å². The molecule has 4 rings (SSSR count). The number of hydrogen-bond donors (Lipinski definition) is 2. The van der Waals surface area contributed by atoms with Crippen molar-refractivity contribution in [2.45, 2.75) is 44.2 Å². The minimum absolute atomic E-state index is 0.0472. The van der Waals surface area contributed by atoms with Crippen LogP contribution in [0.15, 0.2) is 23.2 Å². The second-order valence-corrected chi connectivity index (χ2v) is 9.06. The van der Waals surface area contributed by atoms with E-state index in [1.54, 1.807) is 30.8 Å². The molecule has 1 fully saturated rings. The van der Waals surface area contributed by atoms with Crippen LogP contribution in [-0.2, 0) is 4.79 Å². The minimum Gasteiger partial charge on any atom is -0.381 e. The van der Waals surface area contributed by atoms with Crippen molar-refractivity contribution >= 4 is 50.9 Å². The molecule has 1 amide bonds. The molecule has 1 aliphatic heterocycles. The Morgan fingerprint density at radius 3 is 2.85 bits per heavy atom. The first kappa shape index (κ1) is 18.7. The number of aliphatic imine (C=N–C) groups is 1. The molecule has 0 spiro atoms. The number of anilines is 1. The van der Waals surface area contributed by atoms with E-state index in [9.17, 15) is 4.79 Å². The molecule has 0 radical (unpaired) electrons. The predicted molar refractivity (Wildman–Crippen MR) is 115 cm³/mol. The molecule has 1 saturated carbocycles. The van der Waals surface area contributed by atoms with Crippen LogP contribution in [0.1, 0.15) is 37.8 Å². The number of halogens is 1. The van der Waals surface area contributed by atoms with Crippen LogP contribution in [0.3, 0.4) is 0 Å². The summed E-state index contributed by atoms with van der Waals surface area (Å²) < 4.78 is 0. The van der Waals surface area contributed by atoms with E-state index in [4.69, 9.17) is 16.6 Å². The van der Waals surface area contributed by atoms with E-state index >= 15 is 0 Å². The Morgan fingerprint density at radius 2 is 2.11 bits per heavy atom. The summed E-state index contributed by atoms with van der Waals surface area (Å²) in [5, 5.41) is 6.47. The van der Waals surface area contributed by atoms with Crippen LogP contribution in [0.25, 0.3) is 10.9 Å². The van der Waals surface area contributed by atoms with E-state index in [2.05, 4.69) is 16.4 Å². The van der Waals surface area contributed by atoms with Gasteiger partial charge < -0.3 is 15.2 Å². The average Bonchev–Trinajstić information content (AvgIpc) is 3.34. The summed E-state index contributed by atoms with van der Waals surface area (Å²) >= 11 is 8.07. The Bertz CT molecular complexity index is 885. The van der Waals surface area contributed by atoms with E-state index in [0.29, 0.717) is 12.5 Å². The first-order chi connectivity index (χ1) is 13.0. The number of benzene rings is 1. The summed E-state index contributed by atoms with van der Waals surface area (Å²) in [5.41, 5.74) is 3.16. The summed E-state index contributed by atoms with van der Waals surface area (Å²) in [6.45, 7) is 0. The molecule has 7 heteroatoms. The Hall–Kier alpha value is -1.66. The van der Waals surface area contributed by atoms with Crippen molar-refractivity contribution in [3.05, 3.63) is 28.9 Å². The highest BCUT2D eigenvalue weighted by molar-refractivity contribution is 8.14. The van der Waals surface area contributed by atoms with Gasteiger partial charge in [0.15, 0.2) is 0 Å². The molecule has 1 aromatic heterocycles. The second-order valence-electron chi connectivity index (χ2n) is 7.62. The third kappa shape index (κ3) is 4.11. The molecule has 27 heavy (non-hydrogen) atoms. The molecule has 144 valence electrons. The van der Waals surface area contributed by atoms with Gasteiger partial charge in [0.25, 0.3) is 0 Å². The highest BCUT2D eigenvalue weighted by atomic mass is 35.5. The van der Waals surface area contributed by atoms with Gasteiger partial charge in [0.05, 0.1) is 22.9 Å². The number of thioether (sulfide) groups is 1. The van der Waals surface area contributed by atoms with Crippen molar-refractivity contribution in [3.63, 3.8) is 0 Å². The summed E-state index contributed by atoms with van der Waals surface area (Å²) in [7, 11) is 3.57. The van der Waals surface area contributed by atoms with Gasteiger partial charge in [0, 0.05) is 42.7 Å². The highest BCUT2D eigenvalue weighted by Crippen LogP contribution is 2.33. The fraction of sp³-hybridized carbons (Fsp3) is 0.500. The van der Waals surface area contributed by atoms with Crippen molar-refractivity contribution in [2.75, 3.05) is 25.2 Å². The number of aromatic nitrogens is 1. The highest BCUT2D eigenvalue weighted by Gasteiger charge is 2.24. The lowest BCUT2D eigenvalue weighted by Crippen LogP contribution is -2.25. The fourth-order valence-electron chi connectivity index (χ4n) is 3.78. The van der Waals surface area contributed by atoms with E-state index in [0.717, 1.165) is 38.1 Å². The number of nitrogens with zero attached hydrogens (tertiary/aromatic N) is 2. The van der Waals surface area contributed by atoms with Gasteiger partial charge in [-0.25, -0.2) is 0 Å². The monoisotopic (exact) mass is 404 g/mol. The molecule has 2 aliphatic rings. The van der Waals surface area contributed by atoms with Gasteiger partial charge in [-0.1, -0.05) is 24.4 Å². The van der Waals surface area contributed by atoms with Gasteiger partial charge >= 0.3 is 0 Å². The SMILES string of the molecule is CN(C)C(=O)C[C@@H]1CSC(c2cc3cc(Cl)cc(NC4CCCC4)c3[nH]2)=N1. The van der Waals surface area contributed by atoms with E-state index in [1.807, 2.05) is 12.1 Å². The van der Waals surface area contributed by atoms with Crippen molar-refractivity contribution in [1.29, 1.82) is 0 Å². The Kier molecular flexibility index (Phi) is 5.37. The number of carbonyl (C=O) groups is 1. The first-order valence-corrected chi connectivity index (χ1v) is 10.9. The molecule has 1 aliphatic carbocycles. The number of aromatic amines is 1. The number of fused-ring (bicyclic) bond motifs is 1. The van der Waals surface area contributed by atoms with E-state index in [-0.39, 0.29) is 11.9 Å². The molecule has 2 N–H and O–H groups in total. The van der Waals surface area contributed by atoms with Gasteiger partial charge in [0.1, 0.15) is 5.04 Å². The molecule has 1 atom stereocenters. The maximum absolute atomic E-state index is 11.9. The van der Waals surface area contributed by atoms with E-state index in [1.165, 1.54) is 25.7 Å². The molecular weight excluding hydrogens is 380 g/mol. The van der Waals surface area contributed by atoms with Gasteiger partial charge in [0.2, 0.25) is 5.91 Å². The van der Waals surface area contributed by atoms with Crippen LogP contribution < -0.4 is 5.32 Å². The molecule has 1 aromatic carbocycles. The van der Waals surface area contributed by atoms with Gasteiger partial charge in [-0.05, 0) is 31.0 Å². The summed E-state index contributed by atoms with van der Waals surface area (Å²) in [4.78, 5) is 21.9. The molecule has 0 unspecified atom stereocenters. The zero-order chi connectivity index (χ0) is 19.0. The standard InChI is InChI=1S/C20H25ClN4OS/c1-25(2)18(26)10-15-11-27-20(23-15)17-8-12-7-13(21)9-16(19(12)24-17)22-14-5-3-4-6-14/h7-9,14-15,22,24H,3-6,10-11H2,1-2H3/t15-/m1/s1. The Balaban J connectivity index is 1.59. The quantitative estimate of drug-likeness (QED) is 0.770. The summed E-state index contributed by atoms with van der Waals surface area (Å²) in [5.74, 6) is 0.968. The van der Waals surface area contributed by atoms with Crippen molar-refractivity contribution < 1.29 is 4.79 Å². The summed E-state index contributed by atoms with van der Waals surface area (Å²) in [6.07, 6.45) is 5.47. The lowest BCUT2D eigenvalue weighted by molar-refractivity contribution is -0.128. The van der Waals surface area contributed by atoms with Crippen molar-refractivity contribution in [2.24, 2.45) is 4.99 Å². The molecular formula is C20H25ClN4OS. The number of rotatable bonds is 5. The third-order valence-electron chi connectivity index (χ3n) is 5.26. The Morgan fingerprint density at radius 1 is 1.33 bits per heavy atom. The topological polar surface area (TPSA) is 60.5 Å². The van der Waals surface area contributed by atoms with Crippen LogP contribution >= 0.6 is 23.4 Å². The fourth-order valence-corrected chi connectivity index (χ4v) is 5.04. The van der Waals surface area contributed by atoms with Crippen LogP contribution in [0.5, 0.6) is 0 Å². The van der Waals surface area contributed by atoms with Crippen LogP contribution in [0.4, 0.5) is 5.69 Å². The van der Waals surface area contributed by atoms with Crippen LogP contribution in [0.2, 0.25) is 5.02 Å². The Labute approximate surface area is 168 Å². The number of nitrogens with one attached hydrogen (secondary N) is 2. The lowest BCUT2D eigenvalue weighted by Gasteiger charge is -2.14. The molecule has 0 saturated heterocycles. The number of H-pyrrole nitrogens is 1. The second kappa shape index (κ2) is 7.76. The minimum atomic E-state index is 0.0472. The zero-order valence-corrected chi connectivity index (χ0v) is 17.3. The average molecular weight is 405 g/mol. The normalized spacial score (nSPS) is 20.3. The van der Waals surface area contributed by atoms with Crippen LogP contribution in [0, 0.1) is 0 Å². The van der Waals surface area contributed by atoms with Crippen LogP contribution in [-0.4, -0.2) is 52.8 Å². The van der Waals surface area contributed by atoms with Crippen molar-refractivity contribution in [3.8, 4) is 0 Å². The number of hydrogen-bond acceptors (Lipinski definition) is 4.